The van der Waals surface area contributed by atoms with Crippen molar-refractivity contribution in [3.63, 3.8) is 0 Å². The van der Waals surface area contributed by atoms with E-state index >= 15 is 0 Å². The third kappa shape index (κ3) is 2.52. The lowest BCUT2D eigenvalue weighted by atomic mass is 10.1. The van der Waals surface area contributed by atoms with Crippen molar-refractivity contribution in [3.05, 3.63) is 34.9 Å². The number of halogens is 1. The van der Waals surface area contributed by atoms with Crippen LogP contribution in [0.2, 0.25) is 0 Å². The minimum atomic E-state index is 0.546. The molecule has 0 aliphatic rings. The van der Waals surface area contributed by atoms with Crippen molar-refractivity contribution in [3.8, 4) is 5.75 Å². The number of rotatable bonds is 3. The summed E-state index contributed by atoms with van der Waals surface area (Å²) in [5, 5.41) is 0. The Bertz CT molecular complexity index is 319. The average molecular weight is 211 g/mol. The van der Waals surface area contributed by atoms with Crippen molar-refractivity contribution in [2.45, 2.75) is 13.8 Å². The molecule has 1 rings (SSSR count). The first-order chi connectivity index (χ1) is 6.69. The van der Waals surface area contributed by atoms with Gasteiger partial charge in [0, 0.05) is 5.88 Å². The number of ether oxygens (including phenoxy) is 1. The summed E-state index contributed by atoms with van der Waals surface area (Å²) >= 11 is 5.58. The molecule has 0 radical (unpaired) electrons. The standard InChI is InChI=1S/C12H15ClO/c1-9-7-11(5-4-6-13)8-10(2)12(9)14-3/h4-5,7-8H,6H2,1-3H3. The molecule has 0 aliphatic carbocycles. The van der Waals surface area contributed by atoms with Gasteiger partial charge in [-0.15, -0.1) is 11.6 Å². The van der Waals surface area contributed by atoms with E-state index in [1.807, 2.05) is 26.0 Å². The normalized spacial score (nSPS) is 10.9. The molecule has 0 amide bonds. The van der Waals surface area contributed by atoms with Crippen LogP contribution in [0.15, 0.2) is 18.2 Å². The van der Waals surface area contributed by atoms with E-state index in [-0.39, 0.29) is 0 Å². The largest absolute Gasteiger partial charge is 0.496 e. The smallest absolute Gasteiger partial charge is 0.124 e. The topological polar surface area (TPSA) is 9.23 Å². The third-order valence-corrected chi connectivity index (χ3v) is 2.26. The number of hydrogen-bond acceptors (Lipinski definition) is 1. The van der Waals surface area contributed by atoms with Crippen LogP contribution in [0.4, 0.5) is 0 Å². The Morgan fingerprint density at radius 3 is 2.29 bits per heavy atom. The van der Waals surface area contributed by atoms with Crippen LogP contribution in [-0.4, -0.2) is 13.0 Å². The molecule has 1 nitrogen and oxygen atoms in total. The summed E-state index contributed by atoms with van der Waals surface area (Å²) < 4.78 is 5.29. The molecule has 14 heavy (non-hydrogen) atoms. The van der Waals surface area contributed by atoms with Gasteiger partial charge in [-0.1, -0.05) is 12.2 Å². The van der Waals surface area contributed by atoms with Gasteiger partial charge in [0.2, 0.25) is 0 Å². The van der Waals surface area contributed by atoms with Gasteiger partial charge in [0.1, 0.15) is 5.75 Å². The summed E-state index contributed by atoms with van der Waals surface area (Å²) in [5.41, 5.74) is 3.48. The van der Waals surface area contributed by atoms with Crippen LogP contribution >= 0.6 is 11.6 Å². The number of allylic oxidation sites excluding steroid dienone is 1. The Kier molecular flexibility index (Phi) is 4.02. The lowest BCUT2D eigenvalue weighted by Crippen LogP contribution is -1.91. The molecule has 0 spiro atoms. The van der Waals surface area contributed by atoms with Gasteiger partial charge < -0.3 is 4.74 Å². The highest BCUT2D eigenvalue weighted by molar-refractivity contribution is 6.19. The highest BCUT2D eigenvalue weighted by Crippen LogP contribution is 2.24. The van der Waals surface area contributed by atoms with Gasteiger partial charge in [-0.05, 0) is 42.7 Å². The number of alkyl halides is 1. The zero-order valence-electron chi connectivity index (χ0n) is 8.80. The second-order valence-electron chi connectivity index (χ2n) is 3.24. The first-order valence-corrected chi connectivity index (χ1v) is 5.10. The van der Waals surface area contributed by atoms with Gasteiger partial charge in [0.05, 0.1) is 7.11 Å². The van der Waals surface area contributed by atoms with Crippen LogP contribution in [0, 0.1) is 13.8 Å². The van der Waals surface area contributed by atoms with E-state index in [9.17, 15) is 0 Å². The molecule has 1 aromatic carbocycles. The summed E-state index contributed by atoms with van der Waals surface area (Å²) in [4.78, 5) is 0. The molecule has 76 valence electrons. The van der Waals surface area contributed by atoms with E-state index in [4.69, 9.17) is 16.3 Å². The molecule has 1 aromatic rings. The molecule has 0 aromatic heterocycles. The van der Waals surface area contributed by atoms with Crippen molar-refractivity contribution >= 4 is 17.7 Å². The van der Waals surface area contributed by atoms with Gasteiger partial charge in [0.15, 0.2) is 0 Å². The number of hydrogen-bond donors (Lipinski definition) is 0. The van der Waals surface area contributed by atoms with E-state index in [2.05, 4.69) is 12.1 Å². The fourth-order valence-corrected chi connectivity index (χ4v) is 1.67. The third-order valence-electron chi connectivity index (χ3n) is 2.09. The lowest BCUT2D eigenvalue weighted by molar-refractivity contribution is 0.408. The second kappa shape index (κ2) is 5.06. The van der Waals surface area contributed by atoms with E-state index in [0.29, 0.717) is 5.88 Å². The molecular weight excluding hydrogens is 196 g/mol. The van der Waals surface area contributed by atoms with Crippen LogP contribution < -0.4 is 4.74 Å². The van der Waals surface area contributed by atoms with E-state index in [0.717, 1.165) is 16.9 Å². The summed E-state index contributed by atoms with van der Waals surface area (Å²) in [6.45, 7) is 4.09. The van der Waals surface area contributed by atoms with Crippen LogP contribution in [0.5, 0.6) is 5.75 Å². The Morgan fingerprint density at radius 1 is 1.29 bits per heavy atom. The van der Waals surface area contributed by atoms with E-state index < -0.39 is 0 Å². The van der Waals surface area contributed by atoms with Crippen LogP contribution in [0.25, 0.3) is 6.08 Å². The highest BCUT2D eigenvalue weighted by Gasteiger charge is 2.02. The SMILES string of the molecule is COc1c(C)cc(C=CCCl)cc1C. The molecule has 0 fully saturated rings. The van der Waals surface area contributed by atoms with Gasteiger partial charge in [0.25, 0.3) is 0 Å². The minimum absolute atomic E-state index is 0.546. The summed E-state index contributed by atoms with van der Waals surface area (Å²) in [7, 11) is 1.70. The van der Waals surface area contributed by atoms with Gasteiger partial charge >= 0.3 is 0 Å². The highest BCUT2D eigenvalue weighted by atomic mass is 35.5. The minimum Gasteiger partial charge on any atom is -0.496 e. The van der Waals surface area contributed by atoms with Crippen LogP contribution in [0.1, 0.15) is 16.7 Å². The molecule has 0 saturated heterocycles. The number of benzene rings is 1. The average Bonchev–Trinajstić information content (AvgIpc) is 2.14. The maximum Gasteiger partial charge on any atom is 0.124 e. The van der Waals surface area contributed by atoms with Gasteiger partial charge in [-0.2, -0.15) is 0 Å². The molecule has 0 bridgehead atoms. The Hall–Kier alpha value is -0.950. The van der Waals surface area contributed by atoms with Crippen molar-refractivity contribution in [2.75, 3.05) is 13.0 Å². The Morgan fingerprint density at radius 2 is 1.86 bits per heavy atom. The van der Waals surface area contributed by atoms with E-state index in [1.165, 1.54) is 5.56 Å². The fourth-order valence-electron chi connectivity index (χ4n) is 1.58. The molecular formula is C12H15ClO. The molecule has 0 aliphatic heterocycles. The Labute approximate surface area is 90.3 Å². The fraction of sp³-hybridized carbons (Fsp3) is 0.333. The van der Waals surface area contributed by atoms with Crippen molar-refractivity contribution < 1.29 is 4.74 Å². The second-order valence-corrected chi connectivity index (χ2v) is 3.55. The maximum absolute atomic E-state index is 5.58. The van der Waals surface area contributed by atoms with Crippen molar-refractivity contribution in [1.29, 1.82) is 0 Å². The van der Waals surface area contributed by atoms with Crippen LogP contribution in [-0.2, 0) is 0 Å². The zero-order chi connectivity index (χ0) is 10.6. The quantitative estimate of drug-likeness (QED) is 0.694. The predicted molar refractivity (Wildman–Crippen MR) is 62.2 cm³/mol. The summed E-state index contributed by atoms with van der Waals surface area (Å²) in [6.07, 6.45) is 3.95. The first kappa shape index (κ1) is 11.1. The van der Waals surface area contributed by atoms with Crippen molar-refractivity contribution in [1.82, 2.24) is 0 Å². The van der Waals surface area contributed by atoms with Crippen LogP contribution in [0.3, 0.4) is 0 Å². The maximum atomic E-state index is 5.58. The van der Waals surface area contributed by atoms with Gasteiger partial charge in [-0.3, -0.25) is 0 Å². The molecule has 0 heterocycles. The molecule has 2 heteroatoms. The lowest BCUT2D eigenvalue weighted by Gasteiger charge is -2.09. The Balaban J connectivity index is 3.07. The molecule has 0 unspecified atom stereocenters. The van der Waals surface area contributed by atoms with Gasteiger partial charge in [-0.25, -0.2) is 0 Å². The first-order valence-electron chi connectivity index (χ1n) is 4.56. The van der Waals surface area contributed by atoms with Crippen molar-refractivity contribution in [2.24, 2.45) is 0 Å². The zero-order valence-corrected chi connectivity index (χ0v) is 9.56. The molecule has 0 saturated carbocycles. The monoisotopic (exact) mass is 210 g/mol. The number of aryl methyl sites for hydroxylation is 2. The molecule has 0 N–H and O–H groups in total. The predicted octanol–water partition coefficient (Wildman–Crippen LogP) is 3.56. The molecule has 0 atom stereocenters. The number of methoxy groups -OCH3 is 1. The summed E-state index contributed by atoms with van der Waals surface area (Å²) in [6, 6.07) is 4.18. The van der Waals surface area contributed by atoms with E-state index in [1.54, 1.807) is 7.11 Å². The summed E-state index contributed by atoms with van der Waals surface area (Å²) in [5.74, 6) is 1.51.